The molecule has 4 heteroatoms. The number of amides is 2. The number of carbonyl (C=O) groups is 2. The summed E-state index contributed by atoms with van der Waals surface area (Å²) in [4.78, 5) is 25.8. The molecular formula is C19H19NO3. The van der Waals surface area contributed by atoms with Crippen molar-refractivity contribution in [2.24, 2.45) is 0 Å². The quantitative estimate of drug-likeness (QED) is 0.864. The third-order valence-corrected chi connectivity index (χ3v) is 4.14. The molecule has 4 nitrogen and oxygen atoms in total. The van der Waals surface area contributed by atoms with E-state index in [1.165, 1.54) is 4.90 Å². The van der Waals surface area contributed by atoms with Gasteiger partial charge in [-0.15, -0.1) is 0 Å². The molecule has 2 aromatic carbocycles. The number of cyclic esters (lactones) is 1. The van der Waals surface area contributed by atoms with Crippen LogP contribution >= 0.6 is 0 Å². The first kappa shape index (κ1) is 15.3. The Balaban J connectivity index is 1.67. The number of carbonyl (C=O) groups excluding carboxylic acids is 2. The van der Waals surface area contributed by atoms with Crippen LogP contribution in [0.1, 0.15) is 30.6 Å². The van der Waals surface area contributed by atoms with Gasteiger partial charge in [-0.2, -0.15) is 0 Å². The van der Waals surface area contributed by atoms with Gasteiger partial charge in [0.2, 0.25) is 5.91 Å². The Labute approximate surface area is 135 Å². The van der Waals surface area contributed by atoms with Crippen molar-refractivity contribution in [3.63, 3.8) is 0 Å². The van der Waals surface area contributed by atoms with Crippen LogP contribution in [0.25, 0.3) is 0 Å². The number of hydrogen-bond donors (Lipinski definition) is 0. The highest BCUT2D eigenvalue weighted by Gasteiger charge is 2.42. The molecule has 3 rings (SSSR count). The van der Waals surface area contributed by atoms with Crippen LogP contribution in [0.5, 0.6) is 0 Å². The Morgan fingerprint density at radius 3 is 2.30 bits per heavy atom. The van der Waals surface area contributed by atoms with Gasteiger partial charge in [0.05, 0.1) is 6.04 Å². The van der Waals surface area contributed by atoms with Crippen LogP contribution in [0.2, 0.25) is 0 Å². The lowest BCUT2D eigenvalue weighted by Gasteiger charge is -2.19. The van der Waals surface area contributed by atoms with E-state index in [2.05, 4.69) is 0 Å². The van der Waals surface area contributed by atoms with Gasteiger partial charge in [0.25, 0.3) is 0 Å². The third-order valence-electron chi connectivity index (χ3n) is 4.14. The van der Waals surface area contributed by atoms with Crippen molar-refractivity contribution >= 4 is 12.0 Å². The molecule has 1 fully saturated rings. The van der Waals surface area contributed by atoms with Crippen molar-refractivity contribution in [2.45, 2.75) is 31.9 Å². The fraction of sp³-hybridized carbons (Fsp3) is 0.263. The average molecular weight is 309 g/mol. The Hall–Kier alpha value is -2.62. The second-order valence-electron chi connectivity index (χ2n) is 5.70. The zero-order valence-corrected chi connectivity index (χ0v) is 13.0. The standard InChI is InChI=1S/C19H19NO3/c1-14-18(16-10-6-3-7-11-16)23-19(22)20(14)17(21)13-12-15-8-4-2-5-9-15/h2-11,14,18H,12-13H2,1H3/t14-,18-/m0/s1. The molecule has 1 saturated heterocycles. The molecule has 0 saturated carbocycles. The van der Waals surface area contributed by atoms with Crippen molar-refractivity contribution in [3.8, 4) is 0 Å². The number of imide groups is 1. The van der Waals surface area contributed by atoms with Crippen molar-refractivity contribution in [2.75, 3.05) is 0 Å². The van der Waals surface area contributed by atoms with Gasteiger partial charge in [0.1, 0.15) is 6.10 Å². The average Bonchev–Trinajstić information content (AvgIpc) is 2.89. The summed E-state index contributed by atoms with van der Waals surface area (Å²) in [7, 11) is 0. The largest absolute Gasteiger partial charge is 0.439 e. The molecule has 0 aliphatic carbocycles. The topological polar surface area (TPSA) is 46.6 Å². The van der Waals surface area contributed by atoms with E-state index >= 15 is 0 Å². The Morgan fingerprint density at radius 1 is 1.04 bits per heavy atom. The highest BCUT2D eigenvalue weighted by Crippen LogP contribution is 2.32. The van der Waals surface area contributed by atoms with E-state index in [9.17, 15) is 9.59 Å². The van der Waals surface area contributed by atoms with Crippen LogP contribution in [-0.2, 0) is 16.0 Å². The molecule has 2 aromatic rings. The fourth-order valence-electron chi connectivity index (χ4n) is 2.90. The minimum absolute atomic E-state index is 0.190. The van der Waals surface area contributed by atoms with Gasteiger partial charge in [-0.3, -0.25) is 4.79 Å². The molecule has 0 aromatic heterocycles. The fourth-order valence-corrected chi connectivity index (χ4v) is 2.90. The second-order valence-corrected chi connectivity index (χ2v) is 5.70. The molecule has 2 atom stereocenters. The zero-order valence-electron chi connectivity index (χ0n) is 13.0. The van der Waals surface area contributed by atoms with Crippen molar-refractivity contribution in [1.29, 1.82) is 0 Å². The van der Waals surface area contributed by atoms with Crippen LogP contribution in [0.4, 0.5) is 4.79 Å². The maximum Gasteiger partial charge on any atom is 0.417 e. The molecule has 0 spiro atoms. The zero-order chi connectivity index (χ0) is 16.2. The van der Waals surface area contributed by atoms with Crippen LogP contribution in [0, 0.1) is 0 Å². The van der Waals surface area contributed by atoms with Crippen molar-refractivity contribution in [3.05, 3.63) is 71.8 Å². The molecule has 2 amide bonds. The van der Waals surface area contributed by atoms with E-state index in [4.69, 9.17) is 4.74 Å². The van der Waals surface area contributed by atoms with Crippen molar-refractivity contribution in [1.82, 2.24) is 4.90 Å². The number of aryl methyl sites for hydroxylation is 1. The van der Waals surface area contributed by atoms with E-state index in [1.807, 2.05) is 67.6 Å². The van der Waals surface area contributed by atoms with Gasteiger partial charge < -0.3 is 4.74 Å². The SMILES string of the molecule is C[C@H]1[C@@H](c2ccccc2)OC(=O)N1C(=O)CCc1ccccc1. The van der Waals surface area contributed by atoms with E-state index < -0.39 is 12.2 Å². The van der Waals surface area contributed by atoms with Crippen LogP contribution in [-0.4, -0.2) is 22.9 Å². The third kappa shape index (κ3) is 3.26. The first-order valence-corrected chi connectivity index (χ1v) is 7.78. The van der Waals surface area contributed by atoms with Crippen molar-refractivity contribution < 1.29 is 14.3 Å². The van der Waals surface area contributed by atoms with Gasteiger partial charge in [-0.25, -0.2) is 9.69 Å². The molecular weight excluding hydrogens is 290 g/mol. The summed E-state index contributed by atoms with van der Waals surface area (Å²) in [6, 6.07) is 19.0. The molecule has 23 heavy (non-hydrogen) atoms. The summed E-state index contributed by atoms with van der Waals surface area (Å²) in [6.45, 7) is 1.85. The van der Waals surface area contributed by atoms with E-state index in [-0.39, 0.29) is 11.9 Å². The van der Waals surface area contributed by atoms with Gasteiger partial charge in [0.15, 0.2) is 0 Å². The number of ether oxygens (including phenoxy) is 1. The summed E-state index contributed by atoms with van der Waals surface area (Å²) in [6.07, 6.45) is -0.0364. The van der Waals surface area contributed by atoms with E-state index in [0.717, 1.165) is 11.1 Å². The number of benzene rings is 2. The summed E-state index contributed by atoms with van der Waals surface area (Å²) < 4.78 is 5.41. The van der Waals surface area contributed by atoms with Crippen LogP contribution in [0.15, 0.2) is 60.7 Å². The van der Waals surface area contributed by atoms with Gasteiger partial charge in [-0.05, 0) is 24.5 Å². The Bertz CT molecular complexity index is 684. The monoisotopic (exact) mass is 309 g/mol. The molecule has 1 heterocycles. The van der Waals surface area contributed by atoms with Crippen LogP contribution in [0.3, 0.4) is 0 Å². The van der Waals surface area contributed by atoms with Gasteiger partial charge in [-0.1, -0.05) is 60.7 Å². The predicted molar refractivity (Wildman–Crippen MR) is 86.7 cm³/mol. The Kier molecular flexibility index (Phi) is 4.42. The molecule has 1 aliphatic heterocycles. The normalized spacial score (nSPS) is 20.4. The second kappa shape index (κ2) is 6.65. The van der Waals surface area contributed by atoms with Crippen LogP contribution < -0.4 is 0 Å². The number of rotatable bonds is 4. The first-order chi connectivity index (χ1) is 11.2. The lowest BCUT2D eigenvalue weighted by molar-refractivity contribution is -0.129. The number of nitrogens with zero attached hydrogens (tertiary/aromatic N) is 1. The summed E-state index contributed by atoms with van der Waals surface area (Å²) in [5.74, 6) is -0.190. The van der Waals surface area contributed by atoms with E-state index in [1.54, 1.807) is 0 Å². The summed E-state index contributed by atoms with van der Waals surface area (Å²) in [5, 5.41) is 0. The Morgan fingerprint density at radius 2 is 1.65 bits per heavy atom. The van der Waals surface area contributed by atoms with E-state index in [0.29, 0.717) is 12.8 Å². The maximum absolute atomic E-state index is 12.4. The summed E-state index contributed by atoms with van der Waals surface area (Å²) >= 11 is 0. The summed E-state index contributed by atoms with van der Waals surface area (Å²) in [5.41, 5.74) is 1.99. The predicted octanol–water partition coefficient (Wildman–Crippen LogP) is 3.73. The minimum atomic E-state index is -0.551. The smallest absolute Gasteiger partial charge is 0.417 e. The molecule has 0 N–H and O–H groups in total. The molecule has 0 bridgehead atoms. The number of hydrogen-bond acceptors (Lipinski definition) is 3. The van der Waals surface area contributed by atoms with Gasteiger partial charge in [0, 0.05) is 6.42 Å². The highest BCUT2D eigenvalue weighted by atomic mass is 16.6. The highest BCUT2D eigenvalue weighted by molar-refractivity contribution is 5.93. The minimum Gasteiger partial charge on any atom is -0.439 e. The molecule has 118 valence electrons. The molecule has 1 aliphatic rings. The first-order valence-electron chi connectivity index (χ1n) is 7.78. The molecule has 0 unspecified atom stereocenters. The lowest BCUT2D eigenvalue weighted by Crippen LogP contribution is -2.37. The van der Waals surface area contributed by atoms with Gasteiger partial charge >= 0.3 is 6.09 Å². The maximum atomic E-state index is 12.4. The lowest BCUT2D eigenvalue weighted by atomic mass is 10.0. The molecule has 0 radical (unpaired) electrons.